The predicted molar refractivity (Wildman–Crippen MR) is 120 cm³/mol. The lowest BCUT2D eigenvalue weighted by atomic mass is 10.1. The fourth-order valence-electron chi connectivity index (χ4n) is 3.43. The Kier molecular flexibility index (Phi) is 6.00. The number of anilines is 2. The molecule has 0 radical (unpaired) electrons. The third-order valence-corrected chi connectivity index (χ3v) is 5.28. The van der Waals surface area contributed by atoms with Gasteiger partial charge in [0.05, 0.1) is 0 Å². The van der Waals surface area contributed by atoms with Gasteiger partial charge in [-0.05, 0) is 48.0 Å². The Hall–Kier alpha value is -3.64. The van der Waals surface area contributed by atoms with Crippen molar-refractivity contribution in [3.05, 3.63) is 95.0 Å². The van der Waals surface area contributed by atoms with E-state index in [1.807, 2.05) is 30.3 Å². The standard InChI is InChI=1S/C24H20ClN3O3/c25-19-5-4-6-20(15-19)26-22(29)18-11-9-17(10-12-18)16-27-13-14-28(24(31)23(27)30)21-7-2-1-3-8-21/h1-12,15H,13-14,16H2,(H,26,29). The molecule has 0 spiro atoms. The molecule has 7 heteroatoms. The molecule has 0 bridgehead atoms. The van der Waals surface area contributed by atoms with Crippen molar-refractivity contribution in [2.75, 3.05) is 23.3 Å². The predicted octanol–water partition coefficient (Wildman–Crippen LogP) is 3.97. The van der Waals surface area contributed by atoms with E-state index >= 15 is 0 Å². The van der Waals surface area contributed by atoms with Gasteiger partial charge in [0.15, 0.2) is 0 Å². The minimum Gasteiger partial charge on any atom is -0.328 e. The van der Waals surface area contributed by atoms with Crippen LogP contribution in [0.4, 0.5) is 11.4 Å². The number of hydrogen-bond acceptors (Lipinski definition) is 3. The summed E-state index contributed by atoms with van der Waals surface area (Å²) in [5.74, 6) is -1.32. The first-order valence-corrected chi connectivity index (χ1v) is 10.2. The van der Waals surface area contributed by atoms with Gasteiger partial charge in [-0.15, -0.1) is 0 Å². The molecule has 0 atom stereocenters. The van der Waals surface area contributed by atoms with Gasteiger partial charge in [0.1, 0.15) is 0 Å². The zero-order valence-electron chi connectivity index (χ0n) is 16.6. The molecular weight excluding hydrogens is 414 g/mol. The minimum absolute atomic E-state index is 0.253. The van der Waals surface area contributed by atoms with Crippen LogP contribution in [0.1, 0.15) is 15.9 Å². The van der Waals surface area contributed by atoms with Gasteiger partial charge in [0.25, 0.3) is 5.91 Å². The van der Waals surface area contributed by atoms with Gasteiger partial charge in [-0.3, -0.25) is 14.4 Å². The second-order valence-electron chi connectivity index (χ2n) is 7.18. The van der Waals surface area contributed by atoms with Crippen molar-refractivity contribution < 1.29 is 14.4 Å². The molecule has 1 aliphatic rings. The minimum atomic E-state index is -0.532. The third kappa shape index (κ3) is 4.75. The zero-order chi connectivity index (χ0) is 21.8. The van der Waals surface area contributed by atoms with Crippen molar-refractivity contribution in [2.45, 2.75) is 6.54 Å². The molecule has 3 aromatic carbocycles. The average Bonchev–Trinajstić information content (AvgIpc) is 2.78. The number of nitrogens with zero attached hydrogens (tertiary/aromatic N) is 2. The number of benzene rings is 3. The Morgan fingerprint density at radius 3 is 2.32 bits per heavy atom. The first-order valence-electron chi connectivity index (χ1n) is 9.83. The summed E-state index contributed by atoms with van der Waals surface area (Å²) < 4.78 is 0. The van der Waals surface area contributed by atoms with Gasteiger partial charge in [-0.1, -0.05) is 48.0 Å². The highest BCUT2D eigenvalue weighted by molar-refractivity contribution is 6.40. The topological polar surface area (TPSA) is 69.7 Å². The van der Waals surface area contributed by atoms with E-state index in [0.29, 0.717) is 35.9 Å². The Morgan fingerprint density at radius 2 is 1.61 bits per heavy atom. The van der Waals surface area contributed by atoms with E-state index in [1.165, 1.54) is 9.80 Å². The van der Waals surface area contributed by atoms with Crippen molar-refractivity contribution in [2.24, 2.45) is 0 Å². The molecule has 0 saturated carbocycles. The lowest BCUT2D eigenvalue weighted by Gasteiger charge is -2.33. The number of piperazine rings is 1. The van der Waals surface area contributed by atoms with Gasteiger partial charge >= 0.3 is 11.8 Å². The molecule has 1 aliphatic heterocycles. The number of para-hydroxylation sites is 1. The summed E-state index contributed by atoms with van der Waals surface area (Å²) in [6.45, 7) is 1.19. The molecule has 1 N–H and O–H groups in total. The zero-order valence-corrected chi connectivity index (χ0v) is 17.4. The number of halogens is 1. The molecule has 3 amide bonds. The highest BCUT2D eigenvalue weighted by Crippen LogP contribution is 2.19. The fraction of sp³-hybridized carbons (Fsp3) is 0.125. The van der Waals surface area contributed by atoms with E-state index < -0.39 is 11.8 Å². The Balaban J connectivity index is 1.38. The molecule has 156 valence electrons. The van der Waals surface area contributed by atoms with Crippen LogP contribution in [0.15, 0.2) is 78.9 Å². The normalized spacial score (nSPS) is 14.0. The molecular formula is C24H20ClN3O3. The SMILES string of the molecule is O=C(Nc1cccc(Cl)c1)c1ccc(CN2CCN(c3ccccc3)C(=O)C2=O)cc1. The molecule has 1 saturated heterocycles. The maximum Gasteiger partial charge on any atom is 0.316 e. The first kappa shape index (κ1) is 20.6. The number of rotatable bonds is 5. The van der Waals surface area contributed by atoms with Crippen LogP contribution in [-0.2, 0) is 16.1 Å². The van der Waals surface area contributed by atoms with E-state index in [0.717, 1.165) is 11.3 Å². The number of hydrogen-bond donors (Lipinski definition) is 1. The molecule has 6 nitrogen and oxygen atoms in total. The van der Waals surface area contributed by atoms with Crippen LogP contribution in [0, 0.1) is 0 Å². The Bertz CT molecular complexity index is 1120. The van der Waals surface area contributed by atoms with Crippen molar-refractivity contribution in [1.82, 2.24) is 4.90 Å². The van der Waals surface area contributed by atoms with E-state index in [2.05, 4.69) is 5.32 Å². The van der Waals surface area contributed by atoms with Gasteiger partial charge in [-0.2, -0.15) is 0 Å². The summed E-state index contributed by atoms with van der Waals surface area (Å²) in [6, 6.07) is 23.1. The Labute approximate surface area is 185 Å². The van der Waals surface area contributed by atoms with Crippen LogP contribution < -0.4 is 10.2 Å². The highest BCUT2D eigenvalue weighted by atomic mass is 35.5. The molecule has 31 heavy (non-hydrogen) atoms. The number of carbonyl (C=O) groups excluding carboxylic acids is 3. The maximum absolute atomic E-state index is 12.6. The lowest BCUT2D eigenvalue weighted by molar-refractivity contribution is -0.146. The second kappa shape index (κ2) is 9.02. The molecule has 0 unspecified atom stereocenters. The largest absolute Gasteiger partial charge is 0.328 e. The van der Waals surface area contributed by atoms with Crippen LogP contribution in [0.2, 0.25) is 5.02 Å². The lowest BCUT2D eigenvalue weighted by Crippen LogP contribution is -2.54. The maximum atomic E-state index is 12.6. The molecule has 1 heterocycles. The Morgan fingerprint density at radius 1 is 0.871 bits per heavy atom. The molecule has 0 aliphatic carbocycles. The van der Waals surface area contributed by atoms with Crippen molar-refractivity contribution >= 4 is 40.7 Å². The van der Waals surface area contributed by atoms with Crippen LogP contribution in [0.5, 0.6) is 0 Å². The van der Waals surface area contributed by atoms with Gasteiger partial charge < -0.3 is 15.1 Å². The van der Waals surface area contributed by atoms with Crippen molar-refractivity contribution in [3.63, 3.8) is 0 Å². The van der Waals surface area contributed by atoms with Crippen LogP contribution >= 0.6 is 11.6 Å². The van der Waals surface area contributed by atoms with Crippen LogP contribution in [0.25, 0.3) is 0 Å². The summed E-state index contributed by atoms with van der Waals surface area (Å²) in [4.78, 5) is 40.6. The average molecular weight is 434 g/mol. The van der Waals surface area contributed by atoms with Gasteiger partial charge in [-0.25, -0.2) is 0 Å². The van der Waals surface area contributed by atoms with E-state index in [1.54, 1.807) is 48.5 Å². The smallest absolute Gasteiger partial charge is 0.316 e. The van der Waals surface area contributed by atoms with E-state index in [9.17, 15) is 14.4 Å². The van der Waals surface area contributed by atoms with Crippen molar-refractivity contribution in [3.8, 4) is 0 Å². The quantitative estimate of drug-likeness (QED) is 0.619. The summed E-state index contributed by atoms with van der Waals surface area (Å²) in [7, 11) is 0. The highest BCUT2D eigenvalue weighted by Gasteiger charge is 2.33. The van der Waals surface area contributed by atoms with E-state index in [-0.39, 0.29) is 5.91 Å². The molecule has 4 rings (SSSR count). The number of amides is 3. The third-order valence-electron chi connectivity index (χ3n) is 5.05. The fourth-order valence-corrected chi connectivity index (χ4v) is 3.62. The van der Waals surface area contributed by atoms with Crippen molar-refractivity contribution in [1.29, 1.82) is 0 Å². The van der Waals surface area contributed by atoms with Crippen LogP contribution in [0.3, 0.4) is 0 Å². The summed E-state index contributed by atoms with van der Waals surface area (Å²) >= 11 is 5.94. The number of carbonyl (C=O) groups is 3. The van der Waals surface area contributed by atoms with Gasteiger partial charge in [0, 0.05) is 41.6 Å². The van der Waals surface area contributed by atoms with Crippen LogP contribution in [-0.4, -0.2) is 35.7 Å². The molecule has 3 aromatic rings. The number of nitrogens with one attached hydrogen (secondary N) is 1. The van der Waals surface area contributed by atoms with E-state index in [4.69, 9.17) is 11.6 Å². The second-order valence-corrected chi connectivity index (χ2v) is 7.62. The summed E-state index contributed by atoms with van der Waals surface area (Å²) in [5, 5.41) is 3.34. The summed E-state index contributed by atoms with van der Waals surface area (Å²) in [5.41, 5.74) is 2.66. The summed E-state index contributed by atoms with van der Waals surface area (Å²) in [6.07, 6.45) is 0. The molecule has 0 aromatic heterocycles. The molecule has 1 fully saturated rings. The van der Waals surface area contributed by atoms with Gasteiger partial charge in [0.2, 0.25) is 0 Å². The first-order chi connectivity index (χ1) is 15.0. The monoisotopic (exact) mass is 433 g/mol.